The first-order valence-electron chi connectivity index (χ1n) is 8.82. The Morgan fingerprint density at radius 1 is 1.25 bits per heavy atom. The summed E-state index contributed by atoms with van der Waals surface area (Å²) in [6.45, 7) is 7.91. The lowest BCUT2D eigenvalue weighted by molar-refractivity contribution is 0.00578. The van der Waals surface area contributed by atoms with Crippen molar-refractivity contribution >= 4 is 30.0 Å². The van der Waals surface area contributed by atoms with Gasteiger partial charge in [-0.05, 0) is 33.8 Å². The molecule has 11 heteroatoms. The first-order valence-corrected chi connectivity index (χ1v) is 8.82. The van der Waals surface area contributed by atoms with Crippen LogP contribution >= 0.6 is 0 Å². The van der Waals surface area contributed by atoms with E-state index < -0.39 is 24.4 Å². The van der Waals surface area contributed by atoms with Crippen molar-refractivity contribution in [3.8, 4) is 5.88 Å². The number of hydrogen-bond donors (Lipinski definition) is 1. The molecule has 0 radical (unpaired) electrons. The SMILES string of the molecule is Cn1ccc(OC(=O)Nc2cc(B3OC(C)(C)C(C)(C)O3)cn3ncnc23)n1. The third-order valence-electron chi connectivity index (χ3n) is 5.04. The summed E-state index contributed by atoms with van der Waals surface area (Å²) >= 11 is 0. The van der Waals surface area contributed by atoms with Crippen molar-refractivity contribution in [3.05, 3.63) is 30.9 Å². The number of carbonyl (C=O) groups is 1. The van der Waals surface area contributed by atoms with Crippen LogP contribution in [0, 0.1) is 0 Å². The molecule has 0 bridgehead atoms. The number of aromatic nitrogens is 5. The number of aryl methyl sites for hydroxylation is 1. The van der Waals surface area contributed by atoms with Gasteiger partial charge in [0.1, 0.15) is 6.33 Å². The predicted molar refractivity (Wildman–Crippen MR) is 102 cm³/mol. The molecule has 1 saturated heterocycles. The number of rotatable bonds is 3. The summed E-state index contributed by atoms with van der Waals surface area (Å²) in [4.78, 5) is 16.5. The Labute approximate surface area is 161 Å². The van der Waals surface area contributed by atoms with Gasteiger partial charge in [0.25, 0.3) is 0 Å². The molecule has 3 aromatic heterocycles. The zero-order chi connectivity index (χ0) is 20.1. The molecule has 1 fully saturated rings. The monoisotopic (exact) mass is 384 g/mol. The molecule has 1 amide bonds. The number of ether oxygens (including phenoxy) is 1. The first-order chi connectivity index (χ1) is 13.1. The molecule has 28 heavy (non-hydrogen) atoms. The van der Waals surface area contributed by atoms with Crippen molar-refractivity contribution in [1.29, 1.82) is 0 Å². The Morgan fingerprint density at radius 3 is 2.61 bits per heavy atom. The third-order valence-corrected chi connectivity index (χ3v) is 5.04. The highest BCUT2D eigenvalue weighted by Crippen LogP contribution is 2.36. The predicted octanol–water partition coefficient (Wildman–Crippen LogP) is 1.37. The highest BCUT2D eigenvalue weighted by Gasteiger charge is 2.52. The van der Waals surface area contributed by atoms with Crippen molar-refractivity contribution in [1.82, 2.24) is 24.4 Å². The smallest absolute Gasteiger partial charge is 0.399 e. The summed E-state index contributed by atoms with van der Waals surface area (Å²) in [5.74, 6) is 0.194. The zero-order valence-corrected chi connectivity index (χ0v) is 16.3. The number of pyridine rings is 1. The Balaban J connectivity index is 1.62. The number of carbonyl (C=O) groups excluding carboxylic acids is 1. The third kappa shape index (κ3) is 3.23. The second kappa shape index (κ2) is 6.31. The van der Waals surface area contributed by atoms with E-state index >= 15 is 0 Å². The fraction of sp³-hybridized carbons (Fsp3) is 0.412. The summed E-state index contributed by atoms with van der Waals surface area (Å²) < 4.78 is 20.5. The maximum atomic E-state index is 12.3. The fourth-order valence-corrected chi connectivity index (χ4v) is 2.83. The van der Waals surface area contributed by atoms with E-state index in [-0.39, 0.29) is 5.88 Å². The van der Waals surface area contributed by atoms with Gasteiger partial charge in [0.2, 0.25) is 5.88 Å². The van der Waals surface area contributed by atoms with E-state index in [9.17, 15) is 4.79 Å². The van der Waals surface area contributed by atoms with Gasteiger partial charge < -0.3 is 14.0 Å². The van der Waals surface area contributed by atoms with Gasteiger partial charge in [-0.2, -0.15) is 5.10 Å². The molecule has 0 aromatic carbocycles. The molecule has 0 atom stereocenters. The van der Waals surface area contributed by atoms with Gasteiger partial charge in [0.05, 0.1) is 16.9 Å². The normalized spacial score (nSPS) is 17.8. The average Bonchev–Trinajstić information content (AvgIpc) is 3.26. The van der Waals surface area contributed by atoms with Gasteiger partial charge in [-0.1, -0.05) is 0 Å². The number of amides is 1. The minimum atomic E-state index is -0.685. The Kier molecular flexibility index (Phi) is 4.16. The summed E-state index contributed by atoms with van der Waals surface area (Å²) in [6.07, 6.45) is 4.16. The maximum absolute atomic E-state index is 12.3. The van der Waals surface area contributed by atoms with E-state index in [1.807, 2.05) is 27.7 Å². The maximum Gasteiger partial charge on any atom is 0.496 e. The Hall–Kier alpha value is -2.92. The lowest BCUT2D eigenvalue weighted by Crippen LogP contribution is -2.41. The first kappa shape index (κ1) is 18.4. The highest BCUT2D eigenvalue weighted by molar-refractivity contribution is 6.62. The van der Waals surface area contributed by atoms with Crippen LogP contribution in [0.25, 0.3) is 5.65 Å². The average molecular weight is 384 g/mol. The molecule has 4 heterocycles. The minimum Gasteiger partial charge on any atom is -0.399 e. The molecule has 0 aliphatic carbocycles. The van der Waals surface area contributed by atoms with E-state index in [4.69, 9.17) is 14.0 Å². The molecule has 4 rings (SSSR count). The Bertz CT molecular complexity index is 1030. The van der Waals surface area contributed by atoms with Crippen LogP contribution in [0.1, 0.15) is 27.7 Å². The van der Waals surface area contributed by atoms with E-state index in [0.717, 1.165) is 0 Å². The number of anilines is 1. The van der Waals surface area contributed by atoms with Gasteiger partial charge in [0, 0.05) is 31.0 Å². The molecule has 0 unspecified atom stereocenters. The Morgan fingerprint density at radius 2 is 1.96 bits per heavy atom. The van der Waals surface area contributed by atoms with Crippen LogP contribution in [-0.2, 0) is 16.4 Å². The summed E-state index contributed by atoms with van der Waals surface area (Å²) in [5, 5.41) is 10.9. The zero-order valence-electron chi connectivity index (χ0n) is 16.3. The molecule has 1 aliphatic heterocycles. The molecule has 10 nitrogen and oxygen atoms in total. The molecule has 1 N–H and O–H groups in total. The summed E-state index contributed by atoms with van der Waals surface area (Å²) in [6, 6.07) is 3.33. The quantitative estimate of drug-likeness (QED) is 0.680. The van der Waals surface area contributed by atoms with Gasteiger partial charge in [-0.25, -0.2) is 14.3 Å². The number of nitrogens with one attached hydrogen (secondary N) is 1. The van der Waals surface area contributed by atoms with Gasteiger partial charge in [-0.15, -0.1) is 5.10 Å². The van der Waals surface area contributed by atoms with E-state index in [0.29, 0.717) is 16.8 Å². The largest absolute Gasteiger partial charge is 0.496 e. The molecule has 0 saturated carbocycles. The lowest BCUT2D eigenvalue weighted by Gasteiger charge is -2.32. The number of hydrogen-bond acceptors (Lipinski definition) is 7. The van der Waals surface area contributed by atoms with Crippen molar-refractivity contribution in [2.24, 2.45) is 7.05 Å². The second-order valence-electron chi connectivity index (χ2n) is 7.65. The van der Waals surface area contributed by atoms with Crippen molar-refractivity contribution in [2.45, 2.75) is 38.9 Å². The van der Waals surface area contributed by atoms with Crippen LogP contribution in [-0.4, -0.2) is 48.8 Å². The molecular weight excluding hydrogens is 363 g/mol. The van der Waals surface area contributed by atoms with Crippen molar-refractivity contribution in [3.63, 3.8) is 0 Å². The highest BCUT2D eigenvalue weighted by atomic mass is 16.7. The van der Waals surface area contributed by atoms with Crippen LogP contribution < -0.4 is 15.5 Å². The van der Waals surface area contributed by atoms with E-state index in [2.05, 4.69) is 20.5 Å². The lowest BCUT2D eigenvalue weighted by atomic mass is 9.80. The second-order valence-corrected chi connectivity index (χ2v) is 7.65. The van der Waals surface area contributed by atoms with E-state index in [1.54, 1.807) is 36.1 Å². The number of nitrogens with zero attached hydrogens (tertiary/aromatic N) is 5. The molecule has 0 spiro atoms. The summed E-state index contributed by atoms with van der Waals surface area (Å²) in [7, 11) is 1.13. The molecule has 146 valence electrons. The topological polar surface area (TPSA) is 105 Å². The molecule has 1 aliphatic rings. The molecular formula is C17H21BN6O4. The van der Waals surface area contributed by atoms with Crippen LogP contribution in [0.5, 0.6) is 5.88 Å². The minimum absolute atomic E-state index is 0.194. The van der Waals surface area contributed by atoms with Crippen LogP contribution in [0.15, 0.2) is 30.9 Å². The van der Waals surface area contributed by atoms with Crippen LogP contribution in [0.4, 0.5) is 10.5 Å². The molecule has 3 aromatic rings. The van der Waals surface area contributed by atoms with Crippen LogP contribution in [0.3, 0.4) is 0 Å². The fourth-order valence-electron chi connectivity index (χ4n) is 2.83. The summed E-state index contributed by atoms with van der Waals surface area (Å²) in [5.41, 5.74) is 0.620. The standard InChI is InChI=1S/C17H21BN6O4/c1-16(2)17(3,4)28-18(27-16)11-8-12(14-19-10-20-24(14)9-11)21-15(25)26-13-6-7-23(5)22-13/h6-10H,1-5H3,(H,21,25). The van der Waals surface area contributed by atoms with Crippen molar-refractivity contribution < 1.29 is 18.8 Å². The van der Waals surface area contributed by atoms with Gasteiger partial charge in [0.15, 0.2) is 5.65 Å². The van der Waals surface area contributed by atoms with E-state index in [1.165, 1.54) is 11.0 Å². The van der Waals surface area contributed by atoms with Gasteiger partial charge >= 0.3 is 13.2 Å². The van der Waals surface area contributed by atoms with Crippen molar-refractivity contribution in [2.75, 3.05) is 5.32 Å². The number of fused-ring (bicyclic) bond motifs is 1. The van der Waals surface area contributed by atoms with Gasteiger partial charge in [-0.3, -0.25) is 10.00 Å². The van der Waals surface area contributed by atoms with Crippen LogP contribution in [0.2, 0.25) is 0 Å².